The van der Waals surface area contributed by atoms with Crippen LogP contribution in [0.3, 0.4) is 0 Å². The summed E-state index contributed by atoms with van der Waals surface area (Å²) in [6, 6.07) is 20.4. The first-order valence-electron chi connectivity index (χ1n) is 11.4. The van der Waals surface area contributed by atoms with Gasteiger partial charge in [-0.1, -0.05) is 11.6 Å². The van der Waals surface area contributed by atoms with Crippen LogP contribution in [-0.4, -0.2) is 18.6 Å². The highest BCUT2D eigenvalue weighted by atomic mass is 35.5. The van der Waals surface area contributed by atoms with Gasteiger partial charge in [0.05, 0.1) is 23.8 Å². The van der Waals surface area contributed by atoms with Crippen molar-refractivity contribution >= 4 is 39.1 Å². The van der Waals surface area contributed by atoms with E-state index in [0.29, 0.717) is 5.02 Å². The van der Waals surface area contributed by atoms with Crippen LogP contribution in [0.25, 0.3) is 32.9 Å². The zero-order valence-corrected chi connectivity index (χ0v) is 20.1. The molecule has 3 heterocycles. The minimum absolute atomic E-state index is 0.683. The number of halogens is 1. The Morgan fingerprint density at radius 3 is 2.32 bits per heavy atom. The number of rotatable bonds is 7. The highest BCUT2D eigenvalue weighted by molar-refractivity contribution is 6.31. The van der Waals surface area contributed by atoms with Crippen LogP contribution in [-0.2, 0) is 13.6 Å². The lowest BCUT2D eigenvalue weighted by Crippen LogP contribution is -2.33. The molecule has 0 saturated heterocycles. The topological polar surface area (TPSA) is 41.9 Å². The standard InChI is InChI=1S/C28H27ClN4O/c1-32-14-8-20(9-15-32)21-10-16-33(17-11-21)13-3-12-30-28-24-6-4-22(29)18-27(24)31-26-7-5-23(34-2)19-25(26)28/h4-11,14-19H,3,12-13H2,1-2H3,(H,30,31)/q+2. The second kappa shape index (κ2) is 9.65. The number of fused-ring (bicyclic) bond motifs is 2. The lowest BCUT2D eigenvalue weighted by molar-refractivity contribution is -0.696. The Hall–Kier alpha value is -3.70. The van der Waals surface area contributed by atoms with Crippen molar-refractivity contribution < 1.29 is 13.9 Å². The summed E-state index contributed by atoms with van der Waals surface area (Å²) in [7, 11) is 3.71. The molecule has 1 N–H and O–H groups in total. The van der Waals surface area contributed by atoms with E-state index in [9.17, 15) is 0 Å². The molecule has 0 aliphatic rings. The molecule has 0 bridgehead atoms. The van der Waals surface area contributed by atoms with Gasteiger partial charge in [0.2, 0.25) is 0 Å². The highest BCUT2D eigenvalue weighted by Gasteiger charge is 2.11. The Bertz CT molecular complexity index is 1450. The van der Waals surface area contributed by atoms with Gasteiger partial charge < -0.3 is 10.1 Å². The Morgan fingerprint density at radius 2 is 1.59 bits per heavy atom. The summed E-state index contributed by atoms with van der Waals surface area (Å²) in [4.78, 5) is 4.80. The van der Waals surface area contributed by atoms with Crippen LogP contribution >= 0.6 is 11.6 Å². The molecule has 0 saturated carbocycles. The molecule has 0 amide bonds. The summed E-state index contributed by atoms with van der Waals surface area (Å²) in [6.45, 7) is 1.76. The number of hydrogen-bond donors (Lipinski definition) is 1. The summed E-state index contributed by atoms with van der Waals surface area (Å²) in [6.07, 6.45) is 9.41. The van der Waals surface area contributed by atoms with Crippen molar-refractivity contribution in [3.05, 3.63) is 90.5 Å². The molecule has 0 fully saturated rings. The SMILES string of the molecule is COc1ccc2nc3cc(Cl)ccc3c(NCCC[n+]3ccc(-c4cc[n+](C)cc4)cc3)c2c1. The minimum Gasteiger partial charge on any atom is -0.497 e. The van der Waals surface area contributed by atoms with Gasteiger partial charge in [-0.05, 0) is 47.5 Å². The van der Waals surface area contributed by atoms with Gasteiger partial charge in [0.25, 0.3) is 0 Å². The molecule has 5 aromatic rings. The van der Waals surface area contributed by atoms with E-state index in [0.717, 1.165) is 52.8 Å². The van der Waals surface area contributed by atoms with Crippen LogP contribution < -0.4 is 19.2 Å². The number of pyridine rings is 3. The van der Waals surface area contributed by atoms with E-state index in [1.54, 1.807) is 7.11 Å². The fraction of sp³-hybridized carbons (Fsp3) is 0.179. The maximum absolute atomic E-state index is 6.24. The predicted octanol–water partition coefficient (Wildman–Crippen LogP) is 5.33. The fourth-order valence-electron chi connectivity index (χ4n) is 4.18. The number of anilines is 1. The van der Waals surface area contributed by atoms with Crippen LogP contribution in [0, 0.1) is 0 Å². The average molecular weight is 471 g/mol. The molecule has 0 aliphatic carbocycles. The van der Waals surface area contributed by atoms with E-state index >= 15 is 0 Å². The smallest absolute Gasteiger partial charge is 0.169 e. The highest BCUT2D eigenvalue weighted by Crippen LogP contribution is 2.34. The number of benzene rings is 2. The summed E-state index contributed by atoms with van der Waals surface area (Å²) in [5.74, 6) is 0.813. The monoisotopic (exact) mass is 470 g/mol. The molecule has 6 heteroatoms. The maximum atomic E-state index is 6.24. The second-order valence-corrected chi connectivity index (χ2v) is 8.83. The summed E-state index contributed by atoms with van der Waals surface area (Å²) < 4.78 is 9.72. The molecule has 0 unspecified atom stereocenters. The van der Waals surface area contributed by atoms with Crippen molar-refractivity contribution in [3.8, 4) is 16.9 Å². The number of nitrogens with zero attached hydrogens (tertiary/aromatic N) is 3. The van der Waals surface area contributed by atoms with E-state index in [-0.39, 0.29) is 0 Å². The van der Waals surface area contributed by atoms with Crippen LogP contribution in [0.4, 0.5) is 5.69 Å². The Labute approximate surface area is 204 Å². The molecule has 3 aromatic heterocycles. The molecule has 170 valence electrons. The lowest BCUT2D eigenvalue weighted by atomic mass is 10.1. The number of methoxy groups -OCH3 is 1. The van der Waals surface area contributed by atoms with Crippen molar-refractivity contribution in [3.63, 3.8) is 0 Å². The molecule has 0 aliphatic heterocycles. The fourth-order valence-corrected chi connectivity index (χ4v) is 4.35. The molecule has 5 nitrogen and oxygen atoms in total. The third-order valence-corrected chi connectivity index (χ3v) is 6.28. The molecular formula is C28H27ClN4O+2. The van der Waals surface area contributed by atoms with Crippen LogP contribution in [0.2, 0.25) is 5.02 Å². The van der Waals surface area contributed by atoms with Gasteiger partial charge in [-0.15, -0.1) is 0 Å². The van der Waals surface area contributed by atoms with E-state index in [2.05, 4.69) is 58.9 Å². The summed E-state index contributed by atoms with van der Waals surface area (Å²) in [5.41, 5.74) is 5.30. The molecule has 2 aromatic carbocycles. The first-order valence-corrected chi connectivity index (χ1v) is 11.7. The van der Waals surface area contributed by atoms with Gasteiger partial charge in [0, 0.05) is 53.0 Å². The van der Waals surface area contributed by atoms with Crippen LogP contribution in [0.5, 0.6) is 5.75 Å². The summed E-state index contributed by atoms with van der Waals surface area (Å²) in [5, 5.41) is 6.44. The number of aromatic nitrogens is 3. The molecular weight excluding hydrogens is 444 g/mol. The Morgan fingerprint density at radius 1 is 0.853 bits per heavy atom. The van der Waals surface area contributed by atoms with Gasteiger partial charge in [-0.2, -0.15) is 0 Å². The van der Waals surface area contributed by atoms with Crippen LogP contribution in [0.1, 0.15) is 6.42 Å². The minimum atomic E-state index is 0.683. The van der Waals surface area contributed by atoms with E-state index in [1.807, 2.05) is 48.0 Å². The van der Waals surface area contributed by atoms with Gasteiger partial charge >= 0.3 is 0 Å². The second-order valence-electron chi connectivity index (χ2n) is 8.39. The molecule has 5 rings (SSSR count). The molecule has 34 heavy (non-hydrogen) atoms. The van der Waals surface area contributed by atoms with E-state index in [1.165, 1.54) is 11.1 Å². The Kier molecular flexibility index (Phi) is 6.28. The third kappa shape index (κ3) is 4.66. The number of nitrogens with one attached hydrogen (secondary N) is 1. The quantitative estimate of drug-likeness (QED) is 0.198. The molecule has 0 radical (unpaired) electrons. The number of hydrogen-bond acceptors (Lipinski definition) is 3. The average Bonchev–Trinajstić information content (AvgIpc) is 2.86. The first kappa shape index (κ1) is 22.1. The molecule has 0 atom stereocenters. The van der Waals surface area contributed by atoms with E-state index < -0.39 is 0 Å². The van der Waals surface area contributed by atoms with Crippen molar-refractivity contribution in [2.45, 2.75) is 13.0 Å². The van der Waals surface area contributed by atoms with Gasteiger partial charge in [0.15, 0.2) is 24.8 Å². The van der Waals surface area contributed by atoms with Crippen LogP contribution in [0.15, 0.2) is 85.5 Å². The van der Waals surface area contributed by atoms with Crippen molar-refractivity contribution in [1.29, 1.82) is 0 Å². The zero-order chi connectivity index (χ0) is 23.5. The largest absolute Gasteiger partial charge is 0.497 e. The van der Waals surface area contributed by atoms with Crippen molar-refractivity contribution in [2.24, 2.45) is 7.05 Å². The van der Waals surface area contributed by atoms with Gasteiger partial charge in [-0.3, -0.25) is 0 Å². The first-order chi connectivity index (χ1) is 16.6. The predicted molar refractivity (Wildman–Crippen MR) is 137 cm³/mol. The van der Waals surface area contributed by atoms with Crippen molar-refractivity contribution in [1.82, 2.24) is 4.98 Å². The van der Waals surface area contributed by atoms with E-state index in [4.69, 9.17) is 21.3 Å². The van der Waals surface area contributed by atoms with Gasteiger partial charge in [0.1, 0.15) is 19.3 Å². The number of ether oxygens (including phenoxy) is 1. The third-order valence-electron chi connectivity index (χ3n) is 6.04. The summed E-state index contributed by atoms with van der Waals surface area (Å²) >= 11 is 6.24. The lowest BCUT2D eigenvalue weighted by Gasteiger charge is -2.14. The Balaban J connectivity index is 1.32. The zero-order valence-electron chi connectivity index (χ0n) is 19.3. The maximum Gasteiger partial charge on any atom is 0.169 e. The number of aryl methyl sites for hydroxylation is 2. The molecule has 0 spiro atoms. The van der Waals surface area contributed by atoms with Crippen molar-refractivity contribution in [2.75, 3.05) is 19.0 Å². The van der Waals surface area contributed by atoms with Gasteiger partial charge in [-0.25, -0.2) is 14.1 Å². The normalized spacial score (nSPS) is 11.1.